The number of carbonyl (C=O) groups is 1. The molecule has 2 heterocycles. The number of fused-ring (bicyclic) bond motifs is 1. The van der Waals surface area contributed by atoms with Gasteiger partial charge in [0.2, 0.25) is 0 Å². The third-order valence-corrected chi connectivity index (χ3v) is 5.79. The lowest BCUT2D eigenvalue weighted by Crippen LogP contribution is -2.14. The van der Waals surface area contributed by atoms with Crippen molar-refractivity contribution in [3.8, 4) is 22.4 Å². The van der Waals surface area contributed by atoms with Crippen LogP contribution in [0.25, 0.3) is 28.0 Å². The second kappa shape index (κ2) is 9.33. The van der Waals surface area contributed by atoms with Gasteiger partial charge in [0, 0.05) is 28.6 Å². The molecular weight excluding hydrogens is 510 g/mol. The molecule has 3 aromatic carbocycles. The number of nitrogens with zero attached hydrogens (tertiary/aromatic N) is 3. The summed E-state index contributed by atoms with van der Waals surface area (Å²) in [6.45, 7) is 0. The predicted molar refractivity (Wildman–Crippen MR) is 128 cm³/mol. The van der Waals surface area contributed by atoms with Gasteiger partial charge in [0.05, 0.1) is 23.0 Å². The minimum atomic E-state index is -4.59. The van der Waals surface area contributed by atoms with Crippen molar-refractivity contribution < 1.29 is 31.1 Å². The molecule has 0 atom stereocenters. The highest BCUT2D eigenvalue weighted by atomic mass is 19.4. The molecule has 2 aromatic heterocycles. The van der Waals surface area contributed by atoms with Crippen molar-refractivity contribution in [2.75, 3.05) is 5.32 Å². The number of amides is 1. The zero-order valence-corrected chi connectivity index (χ0v) is 19.2. The van der Waals surface area contributed by atoms with Crippen molar-refractivity contribution in [3.05, 3.63) is 108 Å². The van der Waals surface area contributed by atoms with Crippen molar-refractivity contribution in [2.45, 2.75) is 12.4 Å². The zero-order valence-electron chi connectivity index (χ0n) is 19.2. The Labute approximate surface area is 211 Å². The maximum Gasteiger partial charge on any atom is 0.417 e. The van der Waals surface area contributed by atoms with Crippen molar-refractivity contribution in [3.63, 3.8) is 0 Å². The highest BCUT2D eigenvalue weighted by Gasteiger charge is 2.34. The van der Waals surface area contributed by atoms with E-state index in [1.165, 1.54) is 41.2 Å². The van der Waals surface area contributed by atoms with E-state index >= 15 is 0 Å². The number of benzene rings is 3. The van der Waals surface area contributed by atoms with E-state index in [1.54, 1.807) is 30.3 Å². The van der Waals surface area contributed by atoms with Crippen LogP contribution in [0.4, 0.5) is 32.0 Å². The van der Waals surface area contributed by atoms with E-state index in [0.717, 1.165) is 24.3 Å². The van der Waals surface area contributed by atoms with Crippen molar-refractivity contribution in [2.24, 2.45) is 0 Å². The molecule has 0 spiro atoms. The highest BCUT2D eigenvalue weighted by Crippen LogP contribution is 2.38. The molecule has 0 radical (unpaired) electrons. The fourth-order valence-corrected chi connectivity index (χ4v) is 4.06. The summed E-state index contributed by atoms with van der Waals surface area (Å²) < 4.78 is 81.2. The quantitative estimate of drug-likeness (QED) is 0.249. The lowest BCUT2D eigenvalue weighted by Gasteiger charge is -2.12. The summed E-state index contributed by atoms with van der Waals surface area (Å²) >= 11 is 0. The monoisotopic (exact) mass is 526 g/mol. The van der Waals surface area contributed by atoms with Crippen LogP contribution in [0.2, 0.25) is 0 Å². The van der Waals surface area contributed by atoms with Crippen LogP contribution in [0, 0.1) is 0 Å². The Balaban J connectivity index is 1.49. The Morgan fingerprint density at radius 1 is 0.789 bits per heavy atom. The fraction of sp³-hybridized carbons (Fsp3) is 0.0741. The average molecular weight is 526 g/mol. The molecule has 5 aromatic rings. The fourth-order valence-electron chi connectivity index (χ4n) is 4.06. The van der Waals surface area contributed by atoms with Crippen LogP contribution in [-0.2, 0) is 12.4 Å². The van der Waals surface area contributed by atoms with Crippen LogP contribution in [-0.4, -0.2) is 20.5 Å². The molecule has 0 aliphatic carbocycles. The van der Waals surface area contributed by atoms with Crippen molar-refractivity contribution in [1.82, 2.24) is 14.6 Å². The molecule has 5 nitrogen and oxygen atoms in total. The molecule has 0 fully saturated rings. The van der Waals surface area contributed by atoms with E-state index in [2.05, 4.69) is 15.4 Å². The number of halogens is 6. The second-order valence-electron chi connectivity index (χ2n) is 8.28. The van der Waals surface area contributed by atoms with E-state index < -0.39 is 29.4 Å². The number of alkyl halides is 6. The van der Waals surface area contributed by atoms with Crippen LogP contribution in [0.3, 0.4) is 0 Å². The molecular formula is C27H16F6N4O. The van der Waals surface area contributed by atoms with Crippen LogP contribution in [0.15, 0.2) is 91.3 Å². The van der Waals surface area contributed by atoms with Crippen molar-refractivity contribution in [1.29, 1.82) is 0 Å². The zero-order chi connectivity index (χ0) is 27.1. The summed E-state index contributed by atoms with van der Waals surface area (Å²) in [5.41, 5.74) is -0.311. The van der Waals surface area contributed by atoms with Gasteiger partial charge in [0.25, 0.3) is 5.91 Å². The van der Waals surface area contributed by atoms with Gasteiger partial charge in [0.1, 0.15) is 0 Å². The first-order chi connectivity index (χ1) is 18.0. The minimum absolute atomic E-state index is 0.0678. The molecule has 5 rings (SSSR count). The number of nitrogens with one attached hydrogen (secondary N) is 1. The van der Waals surface area contributed by atoms with Crippen LogP contribution in [0.5, 0.6) is 0 Å². The number of anilines is 1. The van der Waals surface area contributed by atoms with E-state index in [4.69, 9.17) is 0 Å². The normalized spacial score (nSPS) is 12.1. The number of hydrogen-bond acceptors (Lipinski definition) is 3. The van der Waals surface area contributed by atoms with Gasteiger partial charge >= 0.3 is 12.4 Å². The third kappa shape index (κ3) is 4.82. The van der Waals surface area contributed by atoms with Crippen LogP contribution >= 0.6 is 0 Å². The Bertz CT molecular complexity index is 1660. The van der Waals surface area contributed by atoms with Crippen LogP contribution in [0.1, 0.15) is 21.5 Å². The second-order valence-corrected chi connectivity index (χ2v) is 8.28. The molecule has 0 saturated carbocycles. The van der Waals surface area contributed by atoms with E-state index in [-0.39, 0.29) is 22.3 Å². The molecule has 0 aliphatic heterocycles. The number of aromatic nitrogens is 3. The first-order valence-electron chi connectivity index (χ1n) is 11.1. The lowest BCUT2D eigenvalue weighted by atomic mass is 10.0. The maximum atomic E-state index is 13.6. The average Bonchev–Trinajstić information content (AvgIpc) is 3.32. The minimum Gasteiger partial charge on any atom is -0.322 e. The van der Waals surface area contributed by atoms with Gasteiger partial charge in [-0.15, -0.1) is 0 Å². The summed E-state index contributed by atoms with van der Waals surface area (Å²) in [5, 5.41) is 6.83. The molecule has 0 saturated heterocycles. The molecule has 11 heteroatoms. The van der Waals surface area contributed by atoms with Crippen LogP contribution < -0.4 is 5.32 Å². The molecule has 1 N–H and O–H groups in total. The van der Waals surface area contributed by atoms with Gasteiger partial charge in [-0.1, -0.05) is 36.4 Å². The van der Waals surface area contributed by atoms with Gasteiger partial charge in [-0.3, -0.25) is 4.79 Å². The Morgan fingerprint density at radius 3 is 2.32 bits per heavy atom. The summed E-state index contributed by atoms with van der Waals surface area (Å²) in [6, 6.07) is 17.2. The van der Waals surface area contributed by atoms with Gasteiger partial charge in [-0.25, -0.2) is 9.50 Å². The summed E-state index contributed by atoms with van der Waals surface area (Å²) in [5.74, 6) is -0.738. The van der Waals surface area contributed by atoms with Gasteiger partial charge < -0.3 is 5.32 Å². The van der Waals surface area contributed by atoms with Gasteiger partial charge in [-0.2, -0.15) is 31.4 Å². The number of hydrogen-bond donors (Lipinski definition) is 1. The topological polar surface area (TPSA) is 59.3 Å². The smallest absolute Gasteiger partial charge is 0.322 e. The molecule has 38 heavy (non-hydrogen) atoms. The lowest BCUT2D eigenvalue weighted by molar-refractivity contribution is -0.138. The van der Waals surface area contributed by atoms with E-state index in [9.17, 15) is 31.1 Å². The largest absolute Gasteiger partial charge is 0.417 e. The maximum absolute atomic E-state index is 13.6. The molecule has 192 valence electrons. The molecule has 0 unspecified atom stereocenters. The van der Waals surface area contributed by atoms with E-state index in [0.29, 0.717) is 16.9 Å². The standard InChI is InChI=1S/C27H16F6N4O/c28-26(29,30)18-7-3-6-17(13-18)25(38)36-19-8-4-5-16(14-19)23-11-12-34-24-21(15-35-37(23)24)20-9-1-2-10-22(20)27(31,32)33/h1-15H,(H,36,38). The number of carbonyl (C=O) groups excluding carboxylic acids is 1. The molecule has 0 bridgehead atoms. The molecule has 0 aliphatic rings. The Morgan fingerprint density at radius 2 is 1.55 bits per heavy atom. The Kier molecular flexibility index (Phi) is 6.14. The van der Waals surface area contributed by atoms with Gasteiger partial charge in [0.15, 0.2) is 5.65 Å². The van der Waals surface area contributed by atoms with E-state index in [1.807, 2.05) is 0 Å². The third-order valence-electron chi connectivity index (χ3n) is 5.79. The SMILES string of the molecule is O=C(Nc1cccc(-c2ccnc3c(-c4ccccc4C(F)(F)F)cnn23)c1)c1cccc(C(F)(F)F)c1. The Hall–Kier alpha value is -4.67. The van der Waals surface area contributed by atoms with Crippen molar-refractivity contribution >= 4 is 17.2 Å². The summed E-state index contributed by atoms with van der Waals surface area (Å²) in [4.78, 5) is 16.9. The highest BCUT2D eigenvalue weighted by molar-refractivity contribution is 6.04. The number of rotatable bonds is 4. The summed E-state index contributed by atoms with van der Waals surface area (Å²) in [6.07, 6.45) is -6.43. The first kappa shape index (κ1) is 25.0. The van der Waals surface area contributed by atoms with Gasteiger partial charge in [-0.05, 0) is 48.0 Å². The first-order valence-corrected chi connectivity index (χ1v) is 11.1. The summed E-state index contributed by atoms with van der Waals surface area (Å²) in [7, 11) is 0. The predicted octanol–water partition coefficient (Wildman–Crippen LogP) is 7.35. The molecule has 1 amide bonds.